The maximum Gasteiger partial charge on any atom is 0.203 e. The van der Waals surface area contributed by atoms with E-state index in [2.05, 4.69) is 23.8 Å². The van der Waals surface area contributed by atoms with Gasteiger partial charge in [0.25, 0.3) is 0 Å². The van der Waals surface area contributed by atoms with Crippen molar-refractivity contribution < 1.29 is 0 Å². The molecule has 3 nitrogen and oxygen atoms in total. The van der Waals surface area contributed by atoms with Crippen LogP contribution in [0.3, 0.4) is 0 Å². The summed E-state index contributed by atoms with van der Waals surface area (Å²) in [5, 5.41) is 0. The monoisotopic (exact) mass is 254 g/mol. The zero-order valence-electron chi connectivity index (χ0n) is 11.2. The third kappa shape index (κ3) is 3.36. The summed E-state index contributed by atoms with van der Waals surface area (Å²) in [5.41, 5.74) is 1.84. The average Bonchev–Trinajstić information content (AvgIpc) is 2.29. The Kier molecular flexibility index (Phi) is 5.28. The van der Waals surface area contributed by atoms with Crippen LogP contribution in [-0.2, 0) is 0 Å². The Balaban J connectivity index is 2.39. The molecular weight excluding hydrogens is 232 g/mol. The zero-order chi connectivity index (χ0) is 13.0. The second-order valence-electron chi connectivity index (χ2n) is 4.71. The Labute approximate surface area is 109 Å². The Hall–Kier alpha value is -0.740. The lowest BCUT2D eigenvalue weighted by Crippen LogP contribution is -2.30. The van der Waals surface area contributed by atoms with Gasteiger partial charge >= 0.3 is 0 Å². The lowest BCUT2D eigenvalue weighted by molar-refractivity contribution is 0.331. The summed E-state index contributed by atoms with van der Waals surface area (Å²) in [6, 6.07) is 0. The number of anilines is 1. The third-order valence-electron chi connectivity index (χ3n) is 3.14. The predicted molar refractivity (Wildman–Crippen MR) is 76.3 cm³/mol. The second-order valence-corrected chi connectivity index (χ2v) is 5.12. The van der Waals surface area contributed by atoms with Crippen LogP contribution in [0.4, 0.5) is 5.69 Å². The van der Waals surface area contributed by atoms with E-state index in [9.17, 15) is 4.79 Å². The van der Waals surface area contributed by atoms with E-state index in [0.29, 0.717) is 4.51 Å². The van der Waals surface area contributed by atoms with Crippen LogP contribution < -0.4 is 10.3 Å². The molecule has 1 aromatic rings. The van der Waals surface area contributed by atoms with Crippen LogP contribution in [0.25, 0.3) is 0 Å². The van der Waals surface area contributed by atoms with Crippen LogP contribution in [0.2, 0.25) is 0 Å². The standard InChI is InChI=1S/C13H22N2OS/c1-5-7-14(3)8-6-9-15(4)11-10(2)12(16)13(11)17/h5-9H2,1-4H3. The average molecular weight is 254 g/mol. The Bertz CT molecular complexity index is 435. The van der Waals surface area contributed by atoms with E-state index in [1.54, 1.807) is 0 Å². The van der Waals surface area contributed by atoms with Gasteiger partial charge in [0.15, 0.2) is 0 Å². The minimum absolute atomic E-state index is 0.0463. The highest BCUT2D eigenvalue weighted by Crippen LogP contribution is 2.20. The molecule has 1 aromatic carbocycles. The van der Waals surface area contributed by atoms with Gasteiger partial charge in [0.1, 0.15) is 4.51 Å². The van der Waals surface area contributed by atoms with Crippen molar-refractivity contribution in [2.24, 2.45) is 0 Å². The van der Waals surface area contributed by atoms with E-state index in [-0.39, 0.29) is 5.43 Å². The molecule has 0 aromatic heterocycles. The quantitative estimate of drug-likeness (QED) is 0.696. The minimum Gasteiger partial charge on any atom is -0.373 e. The van der Waals surface area contributed by atoms with Gasteiger partial charge in [-0.25, -0.2) is 0 Å². The van der Waals surface area contributed by atoms with Gasteiger partial charge in [-0.3, -0.25) is 4.79 Å². The molecular formula is C13H22N2OS. The summed E-state index contributed by atoms with van der Waals surface area (Å²) in [5.74, 6) is 0. The maximum atomic E-state index is 11.3. The first kappa shape index (κ1) is 14.3. The lowest BCUT2D eigenvalue weighted by atomic mass is 10.1. The first-order chi connectivity index (χ1) is 7.99. The van der Waals surface area contributed by atoms with Crippen molar-refractivity contribution in [3.8, 4) is 0 Å². The fraction of sp³-hybridized carbons (Fsp3) is 0.692. The molecule has 0 bridgehead atoms. The topological polar surface area (TPSA) is 23.6 Å². The van der Waals surface area contributed by atoms with Crippen LogP contribution in [0.1, 0.15) is 25.3 Å². The van der Waals surface area contributed by atoms with Crippen LogP contribution in [0.5, 0.6) is 0 Å². The number of nitrogens with zero attached hydrogens (tertiary/aromatic N) is 2. The number of rotatable bonds is 7. The molecule has 0 N–H and O–H groups in total. The summed E-state index contributed by atoms with van der Waals surface area (Å²) < 4.78 is 0.506. The van der Waals surface area contributed by atoms with Crippen LogP contribution >= 0.6 is 12.2 Å². The van der Waals surface area contributed by atoms with Gasteiger partial charge in [-0.05, 0) is 39.9 Å². The smallest absolute Gasteiger partial charge is 0.203 e. The van der Waals surface area contributed by atoms with Gasteiger partial charge < -0.3 is 9.80 Å². The largest absolute Gasteiger partial charge is 0.373 e. The highest BCUT2D eigenvalue weighted by atomic mass is 32.1. The predicted octanol–water partition coefficient (Wildman–Crippen LogP) is 2.13. The van der Waals surface area contributed by atoms with Gasteiger partial charge in [0.05, 0.1) is 5.69 Å². The molecule has 0 aliphatic carbocycles. The highest BCUT2D eigenvalue weighted by Gasteiger charge is 2.16. The molecule has 0 saturated carbocycles. The Morgan fingerprint density at radius 3 is 2.35 bits per heavy atom. The molecule has 0 spiro atoms. The Morgan fingerprint density at radius 1 is 1.18 bits per heavy atom. The third-order valence-corrected chi connectivity index (χ3v) is 3.52. The van der Waals surface area contributed by atoms with E-state index in [1.165, 1.54) is 6.42 Å². The second kappa shape index (κ2) is 6.26. The van der Waals surface area contributed by atoms with Crippen molar-refractivity contribution >= 4 is 17.9 Å². The summed E-state index contributed by atoms with van der Waals surface area (Å²) in [6.45, 7) is 7.23. The van der Waals surface area contributed by atoms with Crippen molar-refractivity contribution in [3.05, 3.63) is 20.3 Å². The molecule has 96 valence electrons. The normalized spacial score (nSPS) is 11.4. The van der Waals surface area contributed by atoms with Crippen molar-refractivity contribution in [2.45, 2.75) is 26.7 Å². The fourth-order valence-corrected chi connectivity index (χ4v) is 2.60. The van der Waals surface area contributed by atoms with Crippen molar-refractivity contribution in [2.75, 3.05) is 38.6 Å². The van der Waals surface area contributed by atoms with Gasteiger partial charge in [0.2, 0.25) is 5.43 Å². The van der Waals surface area contributed by atoms with Crippen molar-refractivity contribution in [1.29, 1.82) is 0 Å². The highest BCUT2D eigenvalue weighted by molar-refractivity contribution is 7.71. The maximum absolute atomic E-state index is 11.3. The zero-order valence-corrected chi connectivity index (χ0v) is 12.1. The van der Waals surface area contributed by atoms with Crippen LogP contribution in [-0.4, -0.2) is 38.6 Å². The summed E-state index contributed by atoms with van der Waals surface area (Å²) in [7, 11) is 4.16. The van der Waals surface area contributed by atoms with Crippen molar-refractivity contribution in [1.82, 2.24) is 4.90 Å². The van der Waals surface area contributed by atoms with E-state index in [0.717, 1.165) is 37.3 Å². The molecule has 0 atom stereocenters. The van der Waals surface area contributed by atoms with Crippen molar-refractivity contribution in [3.63, 3.8) is 0 Å². The molecule has 0 radical (unpaired) electrons. The first-order valence-corrected chi connectivity index (χ1v) is 6.59. The van der Waals surface area contributed by atoms with Gasteiger partial charge in [-0.1, -0.05) is 19.1 Å². The van der Waals surface area contributed by atoms with E-state index in [1.807, 2.05) is 14.0 Å². The van der Waals surface area contributed by atoms with E-state index < -0.39 is 0 Å². The molecule has 17 heavy (non-hydrogen) atoms. The molecule has 0 saturated heterocycles. The molecule has 0 amide bonds. The molecule has 1 rings (SSSR count). The molecule has 0 heterocycles. The molecule has 0 unspecified atom stereocenters. The molecule has 4 heteroatoms. The van der Waals surface area contributed by atoms with Gasteiger partial charge in [-0.15, -0.1) is 0 Å². The minimum atomic E-state index is 0.0463. The Morgan fingerprint density at radius 2 is 1.82 bits per heavy atom. The van der Waals surface area contributed by atoms with Crippen LogP contribution in [0, 0.1) is 11.4 Å². The summed E-state index contributed by atoms with van der Waals surface area (Å²) in [4.78, 5) is 15.8. The van der Waals surface area contributed by atoms with Gasteiger partial charge in [-0.2, -0.15) is 0 Å². The SMILES string of the molecule is CCCN(C)CCCN(C)c1c(C)c(=O)c1=S. The number of hydrogen-bond donors (Lipinski definition) is 0. The summed E-state index contributed by atoms with van der Waals surface area (Å²) >= 11 is 5.07. The van der Waals surface area contributed by atoms with Gasteiger partial charge in [0, 0.05) is 19.2 Å². The summed E-state index contributed by atoms with van der Waals surface area (Å²) in [6.07, 6.45) is 2.29. The van der Waals surface area contributed by atoms with E-state index >= 15 is 0 Å². The molecule has 0 aliphatic rings. The first-order valence-electron chi connectivity index (χ1n) is 6.18. The van der Waals surface area contributed by atoms with Crippen LogP contribution in [0.15, 0.2) is 4.79 Å². The number of hydrogen-bond acceptors (Lipinski definition) is 4. The molecule has 0 fully saturated rings. The fourth-order valence-electron chi connectivity index (χ4n) is 2.14. The molecule has 0 aliphatic heterocycles. The van der Waals surface area contributed by atoms with E-state index in [4.69, 9.17) is 12.2 Å². The lowest BCUT2D eigenvalue weighted by Gasteiger charge is -2.24.